The fourth-order valence-corrected chi connectivity index (χ4v) is 1.48. The number of urea groups is 1. The Hall–Kier alpha value is -2.03. The van der Waals surface area contributed by atoms with Crippen molar-refractivity contribution in [3.63, 3.8) is 0 Å². The highest BCUT2D eigenvalue weighted by atomic mass is 79.9. The van der Waals surface area contributed by atoms with Gasteiger partial charge in [0.25, 0.3) is 0 Å². The van der Waals surface area contributed by atoms with Crippen LogP contribution >= 0.6 is 15.9 Å². The van der Waals surface area contributed by atoms with Crippen LogP contribution in [-0.4, -0.2) is 23.7 Å². The minimum Gasteiger partial charge on any atom is -0.478 e. The molecule has 0 atom stereocenters. The minimum absolute atomic E-state index is 0.0661. The van der Waals surface area contributed by atoms with Crippen LogP contribution in [0.5, 0.6) is 0 Å². The van der Waals surface area contributed by atoms with Crippen molar-refractivity contribution >= 4 is 33.6 Å². The van der Waals surface area contributed by atoms with Gasteiger partial charge in [-0.2, -0.15) is 13.2 Å². The van der Waals surface area contributed by atoms with E-state index >= 15 is 0 Å². The third-order valence-corrected chi connectivity index (χ3v) is 2.49. The Balaban J connectivity index is 3.01. The molecule has 1 aromatic rings. The van der Waals surface area contributed by atoms with Crippen molar-refractivity contribution in [3.05, 3.63) is 40.4 Å². The second kappa shape index (κ2) is 6.61. The smallest absolute Gasteiger partial charge is 0.416 e. The number of halogens is 4. The maximum Gasteiger partial charge on any atom is 0.416 e. The third-order valence-electron chi connectivity index (χ3n) is 2.21. The lowest BCUT2D eigenvalue weighted by molar-refractivity contribution is -0.137. The van der Waals surface area contributed by atoms with E-state index in [-0.39, 0.29) is 12.2 Å². The number of hydrogen-bond acceptors (Lipinski definition) is 2. The molecule has 0 saturated heterocycles. The van der Waals surface area contributed by atoms with E-state index < -0.39 is 29.3 Å². The highest BCUT2D eigenvalue weighted by molar-refractivity contribution is 9.11. The summed E-state index contributed by atoms with van der Waals surface area (Å²) in [5.74, 6) is -1.53. The zero-order chi connectivity index (χ0) is 16.2. The second-order valence-electron chi connectivity index (χ2n) is 3.93. The largest absolute Gasteiger partial charge is 0.478 e. The first-order valence-corrected chi connectivity index (χ1v) is 6.22. The van der Waals surface area contributed by atoms with Gasteiger partial charge in [-0.05, 0) is 18.2 Å². The number of amides is 2. The summed E-state index contributed by atoms with van der Waals surface area (Å²) in [4.78, 5) is 22.3. The Morgan fingerprint density at radius 3 is 2.38 bits per heavy atom. The average Bonchev–Trinajstić information content (AvgIpc) is 2.34. The summed E-state index contributed by atoms with van der Waals surface area (Å²) in [7, 11) is 0. The molecule has 0 fully saturated rings. The summed E-state index contributed by atoms with van der Waals surface area (Å²) < 4.78 is 38.5. The lowest BCUT2D eigenvalue weighted by atomic mass is 10.1. The third kappa shape index (κ3) is 5.46. The van der Waals surface area contributed by atoms with Gasteiger partial charge in [0.15, 0.2) is 0 Å². The molecule has 0 aliphatic heterocycles. The summed E-state index contributed by atoms with van der Waals surface area (Å²) in [6, 6.07) is 1.28. The van der Waals surface area contributed by atoms with Crippen molar-refractivity contribution in [1.82, 2.24) is 5.32 Å². The van der Waals surface area contributed by atoms with E-state index in [1.807, 2.05) is 0 Å². The van der Waals surface area contributed by atoms with Crippen molar-refractivity contribution in [3.8, 4) is 0 Å². The van der Waals surface area contributed by atoms with Gasteiger partial charge in [0.1, 0.15) is 0 Å². The molecule has 1 aromatic carbocycles. The maximum atomic E-state index is 12.7. The number of carbonyl (C=O) groups excluding carboxylic acids is 1. The van der Waals surface area contributed by atoms with Crippen LogP contribution in [0, 0.1) is 0 Å². The van der Waals surface area contributed by atoms with Crippen molar-refractivity contribution in [2.24, 2.45) is 0 Å². The number of carbonyl (C=O) groups is 2. The van der Waals surface area contributed by atoms with Gasteiger partial charge < -0.3 is 15.7 Å². The normalized spacial score (nSPS) is 10.9. The van der Waals surface area contributed by atoms with Crippen LogP contribution in [0.1, 0.15) is 15.9 Å². The summed E-state index contributed by atoms with van der Waals surface area (Å²) in [6.07, 6.45) is -4.72. The van der Waals surface area contributed by atoms with E-state index in [1.54, 1.807) is 0 Å². The van der Waals surface area contributed by atoms with Crippen LogP contribution in [0.15, 0.2) is 29.3 Å². The molecule has 0 unspecified atom stereocenters. The number of hydrogen-bond donors (Lipinski definition) is 3. The number of rotatable bonds is 4. The number of carboxylic acids is 1. The molecule has 3 N–H and O–H groups in total. The summed E-state index contributed by atoms with van der Waals surface area (Å²) in [5, 5.41) is 13.2. The predicted octanol–water partition coefficient (Wildman–Crippen LogP) is 3.43. The molecule has 9 heteroatoms. The monoisotopic (exact) mass is 366 g/mol. The molecular formula is C12H10BrF3N2O3. The van der Waals surface area contributed by atoms with Crippen molar-refractivity contribution in [2.45, 2.75) is 6.18 Å². The van der Waals surface area contributed by atoms with Crippen LogP contribution in [0.3, 0.4) is 0 Å². The van der Waals surface area contributed by atoms with E-state index in [0.29, 0.717) is 16.6 Å². The molecule has 2 amide bonds. The molecule has 0 aromatic heterocycles. The number of carboxylic acid groups (broad SMARTS) is 1. The van der Waals surface area contributed by atoms with Crippen LogP contribution in [0.25, 0.3) is 0 Å². The molecule has 5 nitrogen and oxygen atoms in total. The molecule has 0 heterocycles. The van der Waals surface area contributed by atoms with Gasteiger partial charge >= 0.3 is 18.2 Å². The predicted molar refractivity (Wildman–Crippen MR) is 73.5 cm³/mol. The second-order valence-corrected chi connectivity index (χ2v) is 5.05. The Morgan fingerprint density at radius 1 is 1.29 bits per heavy atom. The first kappa shape index (κ1) is 17.0. The van der Waals surface area contributed by atoms with Crippen LogP contribution in [0.2, 0.25) is 0 Å². The van der Waals surface area contributed by atoms with Crippen molar-refractivity contribution < 1.29 is 27.9 Å². The lowest BCUT2D eigenvalue weighted by Gasteiger charge is -2.12. The number of alkyl halides is 3. The summed E-state index contributed by atoms with van der Waals surface area (Å²) >= 11 is 2.99. The van der Waals surface area contributed by atoms with Crippen molar-refractivity contribution in [1.29, 1.82) is 0 Å². The molecule has 0 aliphatic carbocycles. The standard InChI is InChI=1S/C12H10BrF3N2O3/c1-6(13)5-17-11(21)18-9-3-7(10(19)20)2-8(4-9)12(14,15)16/h2-4H,1,5H2,(H,19,20)(H2,17,18,21). The van der Waals surface area contributed by atoms with Gasteiger partial charge in [-0.1, -0.05) is 22.5 Å². The first-order valence-electron chi connectivity index (χ1n) is 5.43. The molecule has 0 aliphatic rings. The van der Waals surface area contributed by atoms with Gasteiger partial charge in [0.05, 0.1) is 17.7 Å². The average molecular weight is 367 g/mol. The Morgan fingerprint density at radius 2 is 1.90 bits per heavy atom. The van der Waals surface area contributed by atoms with E-state index in [4.69, 9.17) is 5.11 Å². The fourth-order valence-electron chi connectivity index (χ4n) is 1.34. The zero-order valence-electron chi connectivity index (χ0n) is 10.4. The zero-order valence-corrected chi connectivity index (χ0v) is 12.0. The van der Waals surface area contributed by atoms with Gasteiger partial charge in [0.2, 0.25) is 0 Å². The van der Waals surface area contributed by atoms with Gasteiger partial charge in [0, 0.05) is 10.2 Å². The summed E-state index contributed by atoms with van der Waals surface area (Å²) in [6.45, 7) is 3.53. The van der Waals surface area contributed by atoms with Crippen LogP contribution in [-0.2, 0) is 6.18 Å². The van der Waals surface area contributed by atoms with E-state index in [1.165, 1.54) is 0 Å². The summed E-state index contributed by atoms with van der Waals surface area (Å²) in [5.41, 5.74) is -2.02. The lowest BCUT2D eigenvalue weighted by Crippen LogP contribution is -2.29. The van der Waals surface area contributed by atoms with Gasteiger partial charge in [-0.3, -0.25) is 0 Å². The van der Waals surface area contributed by atoms with Crippen LogP contribution in [0.4, 0.5) is 23.7 Å². The highest BCUT2D eigenvalue weighted by Gasteiger charge is 2.32. The number of anilines is 1. The van der Waals surface area contributed by atoms with E-state index in [0.717, 1.165) is 6.07 Å². The topological polar surface area (TPSA) is 78.4 Å². The van der Waals surface area contributed by atoms with Crippen molar-refractivity contribution in [2.75, 3.05) is 11.9 Å². The molecule has 114 valence electrons. The number of nitrogens with one attached hydrogen (secondary N) is 2. The Bertz CT molecular complexity index is 588. The molecule has 1 rings (SSSR count). The molecule has 0 bridgehead atoms. The van der Waals surface area contributed by atoms with E-state index in [9.17, 15) is 22.8 Å². The molecule has 0 spiro atoms. The Kier molecular flexibility index (Phi) is 5.36. The highest BCUT2D eigenvalue weighted by Crippen LogP contribution is 2.32. The SMILES string of the molecule is C=C(Br)CNC(=O)Nc1cc(C(=O)O)cc(C(F)(F)F)c1. The quantitative estimate of drug-likeness (QED) is 0.763. The Labute approximate surface area is 126 Å². The minimum atomic E-state index is -4.72. The fraction of sp³-hybridized carbons (Fsp3) is 0.167. The van der Waals surface area contributed by atoms with Crippen LogP contribution < -0.4 is 10.6 Å². The van der Waals surface area contributed by atoms with E-state index in [2.05, 4.69) is 33.1 Å². The van der Waals surface area contributed by atoms with Gasteiger partial charge in [-0.15, -0.1) is 0 Å². The molecular weight excluding hydrogens is 357 g/mol. The maximum absolute atomic E-state index is 12.7. The molecule has 0 saturated carbocycles. The van der Waals surface area contributed by atoms with Gasteiger partial charge in [-0.25, -0.2) is 9.59 Å². The first-order chi connectivity index (χ1) is 9.59. The molecule has 21 heavy (non-hydrogen) atoms. The number of aromatic carboxylic acids is 1. The number of benzene rings is 1. The molecule has 0 radical (unpaired) electrons.